The Morgan fingerprint density at radius 3 is 2.28 bits per heavy atom. The van der Waals surface area contributed by atoms with E-state index in [1.165, 1.54) is 0 Å². The Morgan fingerprint density at radius 1 is 0.923 bits per heavy atom. The number of ether oxygens (including phenoxy) is 1. The molecular formula is C31H29N3O5. The second-order valence-corrected chi connectivity index (χ2v) is 11.1. The van der Waals surface area contributed by atoms with Gasteiger partial charge < -0.3 is 24.4 Å². The Balaban J connectivity index is 1.47. The maximum absolute atomic E-state index is 14.0. The summed E-state index contributed by atoms with van der Waals surface area (Å²) < 4.78 is 11.9. The summed E-state index contributed by atoms with van der Waals surface area (Å²) in [4.78, 5) is 44.0. The number of fused-ring (bicyclic) bond motifs is 3. The number of imidazole rings is 1. The molecule has 0 aliphatic heterocycles. The molecule has 6 rings (SSSR count). The normalized spacial score (nSPS) is 14.7. The van der Waals surface area contributed by atoms with Crippen molar-refractivity contribution in [3.8, 4) is 22.5 Å². The highest BCUT2D eigenvalue weighted by Gasteiger charge is 2.41. The van der Waals surface area contributed by atoms with Crippen molar-refractivity contribution >= 4 is 28.1 Å². The van der Waals surface area contributed by atoms with Gasteiger partial charge in [-0.05, 0) is 63.3 Å². The van der Waals surface area contributed by atoms with Gasteiger partial charge in [-0.3, -0.25) is 4.79 Å². The molecule has 39 heavy (non-hydrogen) atoms. The lowest BCUT2D eigenvalue weighted by Crippen LogP contribution is -2.52. The van der Waals surface area contributed by atoms with Gasteiger partial charge in [0.2, 0.25) is 5.43 Å². The number of aromatic nitrogens is 2. The number of carbonyl (C=O) groups excluding carboxylic acids is 1. The zero-order valence-corrected chi connectivity index (χ0v) is 22.0. The number of hydrogen-bond donors (Lipinski definition) is 3. The SMILES string of the molecule is CC(C)(C)OC(=O)NC1(c2ccc(-c3c(-c4ccccc4)oc4c(ccc5[nH]c(=O)[nH]c54)c3=O)cc2)CCC1. The predicted molar refractivity (Wildman–Crippen MR) is 151 cm³/mol. The van der Waals surface area contributed by atoms with Gasteiger partial charge in [-0.2, -0.15) is 0 Å². The summed E-state index contributed by atoms with van der Waals surface area (Å²) in [7, 11) is 0. The van der Waals surface area contributed by atoms with Crippen LogP contribution in [0.4, 0.5) is 4.79 Å². The highest BCUT2D eigenvalue weighted by molar-refractivity contribution is 6.02. The predicted octanol–water partition coefficient (Wildman–Crippen LogP) is 6.20. The monoisotopic (exact) mass is 523 g/mol. The third-order valence-corrected chi connectivity index (χ3v) is 7.26. The van der Waals surface area contributed by atoms with Crippen LogP contribution in [0.15, 0.2) is 80.7 Å². The van der Waals surface area contributed by atoms with Crippen LogP contribution in [-0.2, 0) is 10.3 Å². The third-order valence-electron chi connectivity index (χ3n) is 7.26. The van der Waals surface area contributed by atoms with E-state index in [-0.39, 0.29) is 11.1 Å². The molecule has 3 aromatic carbocycles. The van der Waals surface area contributed by atoms with E-state index in [1.54, 1.807) is 12.1 Å². The fourth-order valence-corrected chi connectivity index (χ4v) is 5.28. The molecule has 1 amide bonds. The average molecular weight is 524 g/mol. The van der Waals surface area contributed by atoms with Crippen LogP contribution in [0.3, 0.4) is 0 Å². The molecule has 1 aliphatic carbocycles. The van der Waals surface area contributed by atoms with Gasteiger partial charge in [0.1, 0.15) is 16.9 Å². The summed E-state index contributed by atoms with van der Waals surface area (Å²) in [6, 6.07) is 20.5. The van der Waals surface area contributed by atoms with E-state index in [9.17, 15) is 14.4 Å². The largest absolute Gasteiger partial charge is 0.453 e. The van der Waals surface area contributed by atoms with Gasteiger partial charge >= 0.3 is 11.8 Å². The molecule has 0 atom stereocenters. The van der Waals surface area contributed by atoms with Gasteiger partial charge in [-0.15, -0.1) is 0 Å². The lowest BCUT2D eigenvalue weighted by Gasteiger charge is -2.43. The summed E-state index contributed by atoms with van der Waals surface area (Å²) >= 11 is 0. The first-order chi connectivity index (χ1) is 18.6. The number of rotatable bonds is 4. The molecule has 0 radical (unpaired) electrons. The molecule has 0 spiro atoms. The molecular weight excluding hydrogens is 494 g/mol. The molecule has 1 saturated carbocycles. The quantitative estimate of drug-likeness (QED) is 0.259. The number of benzene rings is 3. The fraction of sp³-hybridized carbons (Fsp3) is 0.258. The number of carbonyl (C=O) groups is 1. The number of alkyl carbamates (subject to hydrolysis) is 1. The highest BCUT2D eigenvalue weighted by Crippen LogP contribution is 2.42. The number of amides is 1. The minimum Gasteiger partial charge on any atom is -0.453 e. The van der Waals surface area contributed by atoms with Crippen LogP contribution in [0, 0.1) is 0 Å². The van der Waals surface area contributed by atoms with Crippen LogP contribution in [0.2, 0.25) is 0 Å². The van der Waals surface area contributed by atoms with E-state index in [2.05, 4.69) is 15.3 Å². The maximum atomic E-state index is 14.0. The van der Waals surface area contributed by atoms with Crippen molar-refractivity contribution in [2.75, 3.05) is 0 Å². The van der Waals surface area contributed by atoms with Crippen molar-refractivity contribution in [2.24, 2.45) is 0 Å². The van der Waals surface area contributed by atoms with E-state index in [0.29, 0.717) is 38.9 Å². The zero-order valence-electron chi connectivity index (χ0n) is 22.0. The summed E-state index contributed by atoms with van der Waals surface area (Å²) in [5.74, 6) is 0.417. The standard InChI is InChI=1S/C31H29N3O5/c1-30(2,3)39-29(37)34-31(16-7-17-31)20-12-10-18(11-13-20)23-25(35)21-14-15-22-24(33-28(36)32-22)27(21)38-26(23)19-8-5-4-6-9-19/h4-6,8-15H,7,16-17H2,1-3H3,(H,34,37)(H2,32,33,36). The molecule has 5 aromatic rings. The molecule has 2 aromatic heterocycles. The van der Waals surface area contributed by atoms with Crippen LogP contribution < -0.4 is 16.4 Å². The molecule has 3 N–H and O–H groups in total. The van der Waals surface area contributed by atoms with Crippen molar-refractivity contribution in [2.45, 2.75) is 51.2 Å². The minimum absolute atomic E-state index is 0.197. The number of nitrogens with one attached hydrogen (secondary N) is 3. The summed E-state index contributed by atoms with van der Waals surface area (Å²) in [6.07, 6.45) is 2.18. The molecule has 1 aliphatic rings. The maximum Gasteiger partial charge on any atom is 0.408 e. The van der Waals surface area contributed by atoms with E-state index in [0.717, 1.165) is 30.4 Å². The molecule has 1 fully saturated rings. The van der Waals surface area contributed by atoms with Crippen LogP contribution in [0.25, 0.3) is 44.5 Å². The molecule has 2 heterocycles. The Hall–Kier alpha value is -4.59. The Morgan fingerprint density at radius 2 is 1.64 bits per heavy atom. The van der Waals surface area contributed by atoms with Gasteiger partial charge in [0.15, 0.2) is 5.58 Å². The smallest absolute Gasteiger partial charge is 0.408 e. The molecule has 8 heteroatoms. The third kappa shape index (κ3) is 4.41. The van der Waals surface area contributed by atoms with Gasteiger partial charge in [0, 0.05) is 5.56 Å². The Kier molecular flexibility index (Phi) is 5.71. The van der Waals surface area contributed by atoms with Crippen LogP contribution >= 0.6 is 0 Å². The summed E-state index contributed by atoms with van der Waals surface area (Å²) in [5.41, 5.74) is 2.52. The second kappa shape index (κ2) is 9.01. The van der Waals surface area contributed by atoms with Gasteiger partial charge in [-0.25, -0.2) is 9.59 Å². The average Bonchev–Trinajstić information content (AvgIpc) is 3.26. The van der Waals surface area contributed by atoms with Gasteiger partial charge in [0.25, 0.3) is 0 Å². The number of aromatic amines is 2. The summed E-state index contributed by atoms with van der Waals surface area (Å²) in [6.45, 7) is 5.52. The van der Waals surface area contributed by atoms with E-state index >= 15 is 0 Å². The zero-order chi connectivity index (χ0) is 27.4. The van der Waals surface area contributed by atoms with Crippen molar-refractivity contribution in [1.82, 2.24) is 15.3 Å². The number of H-pyrrole nitrogens is 2. The van der Waals surface area contributed by atoms with E-state index < -0.39 is 17.2 Å². The van der Waals surface area contributed by atoms with Crippen LogP contribution in [0.5, 0.6) is 0 Å². The molecule has 198 valence electrons. The van der Waals surface area contributed by atoms with E-state index in [1.807, 2.05) is 75.4 Å². The molecule has 8 nitrogen and oxygen atoms in total. The Labute approximate surface area is 224 Å². The van der Waals surface area contributed by atoms with Gasteiger partial charge in [0.05, 0.1) is 22.0 Å². The van der Waals surface area contributed by atoms with Crippen molar-refractivity contribution in [1.29, 1.82) is 0 Å². The molecule has 0 bridgehead atoms. The van der Waals surface area contributed by atoms with Gasteiger partial charge in [-0.1, -0.05) is 54.6 Å². The second-order valence-electron chi connectivity index (χ2n) is 11.1. The molecule has 0 unspecified atom stereocenters. The first-order valence-corrected chi connectivity index (χ1v) is 13.0. The van der Waals surface area contributed by atoms with Crippen molar-refractivity contribution in [3.05, 3.63) is 93.0 Å². The topological polar surface area (TPSA) is 117 Å². The lowest BCUT2D eigenvalue weighted by molar-refractivity contribution is 0.0377. The van der Waals surface area contributed by atoms with Crippen LogP contribution in [-0.4, -0.2) is 21.7 Å². The van der Waals surface area contributed by atoms with Crippen LogP contribution in [0.1, 0.15) is 45.6 Å². The van der Waals surface area contributed by atoms with E-state index in [4.69, 9.17) is 9.15 Å². The van der Waals surface area contributed by atoms with Crippen molar-refractivity contribution < 1.29 is 13.9 Å². The molecule has 0 saturated heterocycles. The Bertz CT molecular complexity index is 1820. The first kappa shape index (κ1) is 24.7. The highest BCUT2D eigenvalue weighted by atomic mass is 16.6. The fourth-order valence-electron chi connectivity index (χ4n) is 5.28. The van der Waals surface area contributed by atoms with Crippen molar-refractivity contribution in [3.63, 3.8) is 0 Å². The number of hydrogen-bond acceptors (Lipinski definition) is 5. The lowest BCUT2D eigenvalue weighted by atomic mass is 9.71. The summed E-state index contributed by atoms with van der Waals surface area (Å²) in [5, 5.41) is 3.45. The first-order valence-electron chi connectivity index (χ1n) is 13.0. The minimum atomic E-state index is -0.587.